The molecule has 0 saturated heterocycles. The number of benzene rings is 1. The van der Waals surface area contributed by atoms with Crippen LogP contribution in [0.25, 0.3) is 0 Å². The summed E-state index contributed by atoms with van der Waals surface area (Å²) < 4.78 is 16.0. The number of rotatable bonds is 4. The van der Waals surface area contributed by atoms with Crippen molar-refractivity contribution in [3.05, 3.63) is 18.2 Å². The average molecular weight is 281 g/mol. The molecule has 1 aromatic rings. The molecule has 110 valence electrons. The molecule has 1 aromatic carbocycles. The Labute approximate surface area is 117 Å². The molecule has 0 aromatic heterocycles. The minimum absolute atomic E-state index is 0.288. The Kier molecular flexibility index (Phi) is 4.34. The highest BCUT2D eigenvalue weighted by atomic mass is 16.7. The first-order valence-electron chi connectivity index (χ1n) is 6.58. The van der Waals surface area contributed by atoms with Crippen LogP contribution in [-0.4, -0.2) is 48.5 Å². The Morgan fingerprint density at radius 2 is 2.00 bits per heavy atom. The maximum absolute atomic E-state index is 12.2. The van der Waals surface area contributed by atoms with E-state index in [2.05, 4.69) is 0 Å². The van der Waals surface area contributed by atoms with Gasteiger partial charge in [-0.15, -0.1) is 0 Å². The van der Waals surface area contributed by atoms with E-state index >= 15 is 0 Å². The summed E-state index contributed by atoms with van der Waals surface area (Å²) in [6.45, 7) is 4.85. The van der Waals surface area contributed by atoms with Gasteiger partial charge >= 0.3 is 0 Å². The molecule has 20 heavy (non-hydrogen) atoms. The Morgan fingerprint density at radius 3 is 2.60 bits per heavy atom. The van der Waals surface area contributed by atoms with Crippen LogP contribution in [0.5, 0.6) is 17.2 Å². The molecule has 0 spiro atoms. The average Bonchev–Trinajstić information content (AvgIpc) is 2.47. The van der Waals surface area contributed by atoms with Gasteiger partial charge in [-0.25, -0.2) is 0 Å². The van der Waals surface area contributed by atoms with Gasteiger partial charge in [0.05, 0.1) is 7.11 Å². The second-order valence-corrected chi connectivity index (χ2v) is 4.37. The number of carbonyl (C=O) groups excluding carboxylic acids is 1. The number of carbonyl (C=O) groups is 1. The lowest BCUT2D eigenvalue weighted by atomic mass is 10.2. The third-order valence-electron chi connectivity index (χ3n) is 3.23. The van der Waals surface area contributed by atoms with E-state index in [1.54, 1.807) is 23.1 Å². The first kappa shape index (κ1) is 14.5. The topological polar surface area (TPSA) is 68.2 Å². The SMILES string of the molecule is CCN(CC)C(=O)[C@H]1Oc2ccc(OC)cc2O[C@@H]1O. The van der Waals surface area contributed by atoms with Gasteiger partial charge in [-0.1, -0.05) is 0 Å². The number of aliphatic hydroxyl groups is 1. The lowest BCUT2D eigenvalue weighted by Crippen LogP contribution is -2.51. The summed E-state index contributed by atoms with van der Waals surface area (Å²) in [5.41, 5.74) is 0. The second kappa shape index (κ2) is 6.00. The number of hydrogen-bond donors (Lipinski definition) is 1. The zero-order valence-electron chi connectivity index (χ0n) is 11.8. The van der Waals surface area contributed by atoms with E-state index in [0.29, 0.717) is 30.3 Å². The number of ether oxygens (including phenoxy) is 3. The highest BCUT2D eigenvalue weighted by molar-refractivity contribution is 5.82. The summed E-state index contributed by atoms with van der Waals surface area (Å²) in [7, 11) is 1.54. The van der Waals surface area contributed by atoms with Crippen LogP contribution in [-0.2, 0) is 4.79 Å². The summed E-state index contributed by atoms with van der Waals surface area (Å²) in [5.74, 6) is 1.08. The number of methoxy groups -OCH3 is 1. The molecule has 6 nitrogen and oxygen atoms in total. The highest BCUT2D eigenvalue weighted by Gasteiger charge is 2.38. The molecule has 1 heterocycles. The fourth-order valence-electron chi connectivity index (χ4n) is 2.08. The van der Waals surface area contributed by atoms with Gasteiger partial charge in [-0.2, -0.15) is 0 Å². The number of amides is 1. The Morgan fingerprint density at radius 1 is 1.30 bits per heavy atom. The third-order valence-corrected chi connectivity index (χ3v) is 3.23. The van der Waals surface area contributed by atoms with E-state index < -0.39 is 12.4 Å². The van der Waals surface area contributed by atoms with Gasteiger partial charge in [0.1, 0.15) is 5.75 Å². The van der Waals surface area contributed by atoms with Crippen LogP contribution in [0.4, 0.5) is 0 Å². The second-order valence-electron chi connectivity index (χ2n) is 4.37. The maximum atomic E-state index is 12.2. The zero-order valence-corrected chi connectivity index (χ0v) is 11.8. The molecular weight excluding hydrogens is 262 g/mol. The van der Waals surface area contributed by atoms with Crippen LogP contribution in [0.2, 0.25) is 0 Å². The van der Waals surface area contributed by atoms with Crippen molar-refractivity contribution in [3.63, 3.8) is 0 Å². The van der Waals surface area contributed by atoms with Crippen LogP contribution in [0.1, 0.15) is 13.8 Å². The molecular formula is C14H19NO5. The molecule has 0 unspecified atom stereocenters. The minimum atomic E-state index is -1.33. The Bertz CT molecular complexity index is 486. The van der Waals surface area contributed by atoms with Gasteiger partial charge in [0, 0.05) is 19.2 Å². The molecule has 1 N–H and O–H groups in total. The van der Waals surface area contributed by atoms with Crippen molar-refractivity contribution in [3.8, 4) is 17.2 Å². The Hall–Kier alpha value is -1.95. The first-order chi connectivity index (χ1) is 9.60. The van der Waals surface area contributed by atoms with Crippen LogP contribution in [0.15, 0.2) is 18.2 Å². The summed E-state index contributed by atoms with van der Waals surface area (Å²) in [4.78, 5) is 13.8. The summed E-state index contributed by atoms with van der Waals surface area (Å²) in [6, 6.07) is 4.97. The highest BCUT2D eigenvalue weighted by Crippen LogP contribution is 2.36. The number of aliphatic hydroxyl groups excluding tert-OH is 1. The molecule has 0 fully saturated rings. The van der Waals surface area contributed by atoms with E-state index in [4.69, 9.17) is 14.2 Å². The smallest absolute Gasteiger partial charge is 0.270 e. The molecule has 0 aliphatic carbocycles. The summed E-state index contributed by atoms with van der Waals surface area (Å²) >= 11 is 0. The van der Waals surface area contributed by atoms with Gasteiger partial charge in [0.15, 0.2) is 11.5 Å². The van der Waals surface area contributed by atoms with Crippen molar-refractivity contribution in [2.24, 2.45) is 0 Å². The summed E-state index contributed by atoms with van der Waals surface area (Å²) in [5, 5.41) is 9.95. The van der Waals surface area contributed by atoms with Crippen LogP contribution >= 0.6 is 0 Å². The van der Waals surface area contributed by atoms with Crippen molar-refractivity contribution in [2.75, 3.05) is 20.2 Å². The van der Waals surface area contributed by atoms with Crippen molar-refractivity contribution in [1.82, 2.24) is 4.90 Å². The van der Waals surface area contributed by atoms with Gasteiger partial charge in [-0.05, 0) is 26.0 Å². The van der Waals surface area contributed by atoms with E-state index in [0.717, 1.165) is 0 Å². The third kappa shape index (κ3) is 2.65. The standard InChI is InChI=1S/C14H19NO5/c1-4-15(5-2)13(16)12-14(17)20-11-8-9(18-3)6-7-10(11)19-12/h6-8,12,14,17H,4-5H2,1-3H3/t12-,14+/m1/s1. The fourth-order valence-corrected chi connectivity index (χ4v) is 2.08. The zero-order chi connectivity index (χ0) is 14.7. The van der Waals surface area contributed by atoms with Crippen molar-refractivity contribution in [2.45, 2.75) is 26.2 Å². The van der Waals surface area contributed by atoms with Crippen LogP contribution in [0, 0.1) is 0 Å². The predicted molar refractivity (Wildman–Crippen MR) is 72.0 cm³/mol. The summed E-state index contributed by atoms with van der Waals surface area (Å²) in [6.07, 6.45) is -2.38. The normalized spacial score (nSPS) is 20.4. The van der Waals surface area contributed by atoms with Crippen molar-refractivity contribution < 1.29 is 24.1 Å². The molecule has 6 heteroatoms. The maximum Gasteiger partial charge on any atom is 0.270 e. The molecule has 2 atom stereocenters. The molecule has 0 radical (unpaired) electrons. The monoisotopic (exact) mass is 281 g/mol. The van der Waals surface area contributed by atoms with Gasteiger partial charge in [-0.3, -0.25) is 4.79 Å². The van der Waals surface area contributed by atoms with E-state index in [1.165, 1.54) is 7.11 Å². The van der Waals surface area contributed by atoms with E-state index in [9.17, 15) is 9.90 Å². The van der Waals surface area contributed by atoms with Crippen LogP contribution in [0.3, 0.4) is 0 Å². The number of fused-ring (bicyclic) bond motifs is 1. The van der Waals surface area contributed by atoms with Gasteiger partial charge < -0.3 is 24.2 Å². The lowest BCUT2D eigenvalue weighted by Gasteiger charge is -2.32. The van der Waals surface area contributed by atoms with E-state index in [1.807, 2.05) is 13.8 Å². The largest absolute Gasteiger partial charge is 0.497 e. The molecule has 0 saturated carbocycles. The molecule has 0 bridgehead atoms. The molecule has 2 rings (SSSR count). The lowest BCUT2D eigenvalue weighted by molar-refractivity contribution is -0.162. The van der Waals surface area contributed by atoms with Crippen molar-refractivity contribution in [1.29, 1.82) is 0 Å². The van der Waals surface area contributed by atoms with Gasteiger partial charge in [0.25, 0.3) is 5.91 Å². The first-order valence-corrected chi connectivity index (χ1v) is 6.58. The van der Waals surface area contributed by atoms with Gasteiger partial charge in [0.2, 0.25) is 12.4 Å². The number of nitrogens with zero attached hydrogens (tertiary/aromatic N) is 1. The quantitative estimate of drug-likeness (QED) is 0.892. The molecule has 1 amide bonds. The fraction of sp³-hybridized carbons (Fsp3) is 0.500. The number of likely N-dealkylation sites (N-methyl/N-ethyl adjacent to an activating group) is 1. The Balaban J connectivity index is 2.21. The van der Waals surface area contributed by atoms with E-state index in [-0.39, 0.29) is 5.91 Å². The minimum Gasteiger partial charge on any atom is -0.497 e. The number of hydrogen-bond acceptors (Lipinski definition) is 5. The molecule has 1 aliphatic rings. The van der Waals surface area contributed by atoms with Crippen LogP contribution < -0.4 is 14.2 Å². The predicted octanol–water partition coefficient (Wildman–Crippen LogP) is 1.02. The molecule has 1 aliphatic heterocycles. The van der Waals surface area contributed by atoms with Crippen molar-refractivity contribution >= 4 is 5.91 Å².